The Labute approximate surface area is 121 Å². The molecule has 1 N–H and O–H groups in total. The van der Waals surface area contributed by atoms with Crippen molar-refractivity contribution < 1.29 is 14.4 Å². The Bertz CT molecular complexity index is 525. The Morgan fingerprint density at radius 1 is 1.45 bits per heavy atom. The molecule has 1 atom stereocenters. The van der Waals surface area contributed by atoms with Crippen LogP contribution in [-0.2, 0) is 14.4 Å². The number of thiazole rings is 1. The molecule has 1 unspecified atom stereocenters. The highest BCUT2D eigenvalue weighted by molar-refractivity contribution is 7.09. The average molecular weight is 295 g/mol. The molecule has 6 nitrogen and oxygen atoms in total. The van der Waals surface area contributed by atoms with Crippen molar-refractivity contribution in [1.82, 2.24) is 15.2 Å². The van der Waals surface area contributed by atoms with Gasteiger partial charge in [0, 0.05) is 31.2 Å². The summed E-state index contributed by atoms with van der Waals surface area (Å²) in [5.74, 6) is -0.562. The van der Waals surface area contributed by atoms with Crippen LogP contribution in [0.15, 0.2) is 5.38 Å². The maximum Gasteiger partial charge on any atom is 0.229 e. The van der Waals surface area contributed by atoms with E-state index in [0.29, 0.717) is 0 Å². The van der Waals surface area contributed by atoms with Gasteiger partial charge in [-0.3, -0.25) is 19.3 Å². The zero-order valence-corrected chi connectivity index (χ0v) is 12.3. The number of nitrogens with zero attached hydrogens (tertiary/aromatic N) is 2. The Balaban J connectivity index is 1.81. The molecule has 1 aromatic heterocycles. The van der Waals surface area contributed by atoms with Crippen LogP contribution >= 0.6 is 11.3 Å². The fraction of sp³-hybridized carbons (Fsp3) is 0.538. The van der Waals surface area contributed by atoms with Crippen molar-refractivity contribution in [3.8, 4) is 0 Å². The maximum atomic E-state index is 11.8. The first-order valence-electron chi connectivity index (χ1n) is 6.52. The summed E-state index contributed by atoms with van der Waals surface area (Å²) < 4.78 is 0. The summed E-state index contributed by atoms with van der Waals surface area (Å²) in [5.41, 5.74) is 0.828. The van der Waals surface area contributed by atoms with E-state index >= 15 is 0 Å². The summed E-state index contributed by atoms with van der Waals surface area (Å²) >= 11 is 1.53. The first-order valence-corrected chi connectivity index (χ1v) is 7.40. The summed E-state index contributed by atoms with van der Waals surface area (Å²) in [6, 6.07) is -0.169. The predicted octanol–water partition coefficient (Wildman–Crippen LogP) is 1.17. The van der Waals surface area contributed by atoms with Gasteiger partial charge in [0.1, 0.15) is 0 Å². The van der Waals surface area contributed by atoms with Crippen LogP contribution < -0.4 is 5.32 Å². The van der Waals surface area contributed by atoms with Crippen LogP contribution in [0.4, 0.5) is 0 Å². The number of imide groups is 1. The first-order chi connectivity index (χ1) is 9.47. The summed E-state index contributed by atoms with van der Waals surface area (Å²) in [6.45, 7) is 3.93. The largest absolute Gasteiger partial charge is 0.348 e. The van der Waals surface area contributed by atoms with Crippen LogP contribution in [0.25, 0.3) is 0 Å². The van der Waals surface area contributed by atoms with E-state index in [1.807, 2.05) is 19.2 Å². The van der Waals surface area contributed by atoms with E-state index in [2.05, 4.69) is 10.3 Å². The van der Waals surface area contributed by atoms with Gasteiger partial charge in [0.15, 0.2) is 0 Å². The Morgan fingerprint density at radius 2 is 2.10 bits per heavy atom. The lowest BCUT2D eigenvalue weighted by Crippen LogP contribution is -2.34. The molecule has 0 saturated carbocycles. The minimum absolute atomic E-state index is 0.130. The summed E-state index contributed by atoms with van der Waals surface area (Å²) in [4.78, 5) is 40.1. The van der Waals surface area contributed by atoms with Gasteiger partial charge >= 0.3 is 0 Å². The highest BCUT2D eigenvalue weighted by Gasteiger charge is 2.28. The summed E-state index contributed by atoms with van der Waals surface area (Å²) in [7, 11) is 0. The first kappa shape index (κ1) is 14.6. The van der Waals surface area contributed by atoms with Gasteiger partial charge in [0.2, 0.25) is 17.7 Å². The molecule has 1 fully saturated rings. The van der Waals surface area contributed by atoms with Gasteiger partial charge in [0.25, 0.3) is 0 Å². The number of carbonyl (C=O) groups excluding carboxylic acids is 3. The van der Waals surface area contributed by atoms with Crippen molar-refractivity contribution in [3.63, 3.8) is 0 Å². The number of carbonyl (C=O) groups is 3. The van der Waals surface area contributed by atoms with Gasteiger partial charge in [-0.05, 0) is 13.8 Å². The normalized spacial score (nSPS) is 16.6. The molecule has 1 aliphatic heterocycles. The molecule has 2 rings (SSSR count). The van der Waals surface area contributed by atoms with Gasteiger partial charge in [-0.15, -0.1) is 11.3 Å². The standard InChI is InChI=1S/C13H17N3O3S/c1-8(10-7-20-9(2)15-10)14-11(17)5-6-16-12(18)3-4-13(16)19/h7-8H,3-6H2,1-2H3,(H,14,17). The number of amides is 3. The van der Waals surface area contributed by atoms with Gasteiger partial charge in [-0.1, -0.05) is 0 Å². The molecule has 20 heavy (non-hydrogen) atoms. The third-order valence-corrected chi connectivity index (χ3v) is 3.97. The number of likely N-dealkylation sites (tertiary alicyclic amines) is 1. The van der Waals surface area contributed by atoms with E-state index in [4.69, 9.17) is 0 Å². The molecule has 0 aromatic carbocycles. The quantitative estimate of drug-likeness (QED) is 0.827. The van der Waals surface area contributed by atoms with Crippen LogP contribution in [0.3, 0.4) is 0 Å². The molecular weight excluding hydrogens is 278 g/mol. The van der Waals surface area contributed by atoms with Gasteiger partial charge < -0.3 is 5.32 Å². The van der Waals surface area contributed by atoms with E-state index in [1.165, 1.54) is 11.3 Å². The Hall–Kier alpha value is -1.76. The van der Waals surface area contributed by atoms with Crippen LogP contribution in [0, 0.1) is 6.92 Å². The number of hydrogen-bond acceptors (Lipinski definition) is 5. The smallest absolute Gasteiger partial charge is 0.229 e. The fourth-order valence-electron chi connectivity index (χ4n) is 2.05. The van der Waals surface area contributed by atoms with Crippen molar-refractivity contribution in [2.75, 3.05) is 6.54 Å². The lowest BCUT2D eigenvalue weighted by Gasteiger charge is -2.15. The van der Waals surface area contributed by atoms with E-state index in [0.717, 1.165) is 15.6 Å². The number of aromatic nitrogens is 1. The number of aryl methyl sites for hydroxylation is 1. The molecule has 7 heteroatoms. The van der Waals surface area contributed by atoms with E-state index in [9.17, 15) is 14.4 Å². The van der Waals surface area contributed by atoms with Gasteiger partial charge in [-0.25, -0.2) is 4.98 Å². The van der Waals surface area contributed by atoms with Crippen molar-refractivity contribution in [3.05, 3.63) is 16.1 Å². The fourth-order valence-corrected chi connectivity index (χ4v) is 2.76. The molecule has 0 radical (unpaired) electrons. The zero-order valence-electron chi connectivity index (χ0n) is 11.5. The summed E-state index contributed by atoms with van der Waals surface area (Å²) in [5, 5.41) is 5.68. The Morgan fingerprint density at radius 3 is 2.65 bits per heavy atom. The van der Waals surface area contributed by atoms with E-state index in [1.54, 1.807) is 0 Å². The maximum absolute atomic E-state index is 11.8. The lowest BCUT2D eigenvalue weighted by molar-refractivity contribution is -0.138. The molecule has 3 amide bonds. The third-order valence-electron chi connectivity index (χ3n) is 3.18. The number of rotatable bonds is 5. The number of nitrogens with one attached hydrogen (secondary N) is 1. The van der Waals surface area contributed by atoms with Crippen molar-refractivity contribution in [2.24, 2.45) is 0 Å². The van der Waals surface area contributed by atoms with Crippen LogP contribution in [0.5, 0.6) is 0 Å². The minimum atomic E-state index is -0.189. The monoisotopic (exact) mass is 295 g/mol. The van der Waals surface area contributed by atoms with Crippen LogP contribution in [-0.4, -0.2) is 34.2 Å². The topological polar surface area (TPSA) is 79.4 Å². The highest BCUT2D eigenvalue weighted by atomic mass is 32.1. The summed E-state index contributed by atoms with van der Waals surface area (Å²) in [6.07, 6.45) is 0.648. The van der Waals surface area contributed by atoms with E-state index in [-0.39, 0.29) is 49.6 Å². The van der Waals surface area contributed by atoms with Crippen LogP contribution in [0.2, 0.25) is 0 Å². The molecule has 0 bridgehead atoms. The SMILES string of the molecule is Cc1nc(C(C)NC(=O)CCN2C(=O)CCC2=O)cs1. The second kappa shape index (κ2) is 6.13. The molecule has 1 saturated heterocycles. The molecule has 2 heterocycles. The molecule has 1 aromatic rings. The highest BCUT2D eigenvalue weighted by Crippen LogP contribution is 2.16. The van der Waals surface area contributed by atoms with Gasteiger partial charge in [0.05, 0.1) is 16.7 Å². The Kier molecular flexibility index (Phi) is 4.49. The van der Waals surface area contributed by atoms with Crippen molar-refractivity contribution in [2.45, 2.75) is 39.2 Å². The van der Waals surface area contributed by atoms with Gasteiger partial charge in [-0.2, -0.15) is 0 Å². The molecular formula is C13H17N3O3S. The molecule has 0 spiro atoms. The van der Waals surface area contributed by atoms with E-state index < -0.39 is 0 Å². The molecule has 1 aliphatic rings. The lowest BCUT2D eigenvalue weighted by atomic mass is 10.2. The second-order valence-electron chi connectivity index (χ2n) is 4.77. The van der Waals surface area contributed by atoms with Crippen molar-refractivity contribution >= 4 is 29.1 Å². The predicted molar refractivity (Wildman–Crippen MR) is 74.0 cm³/mol. The molecule has 0 aliphatic carbocycles. The second-order valence-corrected chi connectivity index (χ2v) is 5.83. The average Bonchev–Trinajstić information content (AvgIpc) is 2.95. The van der Waals surface area contributed by atoms with Crippen LogP contribution in [0.1, 0.15) is 42.9 Å². The third kappa shape index (κ3) is 3.41. The number of hydrogen-bond donors (Lipinski definition) is 1. The molecule has 108 valence electrons. The zero-order chi connectivity index (χ0) is 14.7. The minimum Gasteiger partial charge on any atom is -0.348 e. The van der Waals surface area contributed by atoms with Crippen molar-refractivity contribution in [1.29, 1.82) is 0 Å².